The Bertz CT molecular complexity index is 691. The Morgan fingerprint density at radius 2 is 2.05 bits per heavy atom. The van der Waals surface area contributed by atoms with Gasteiger partial charge in [0.2, 0.25) is 5.88 Å². The van der Waals surface area contributed by atoms with Crippen LogP contribution in [0.1, 0.15) is 21.7 Å². The number of aromatic amines is 1. The topological polar surface area (TPSA) is 92.3 Å². The van der Waals surface area contributed by atoms with E-state index in [1.807, 2.05) is 0 Å². The fourth-order valence-electron chi connectivity index (χ4n) is 1.61. The summed E-state index contributed by atoms with van der Waals surface area (Å²) in [5, 5.41) is 8.86. The molecule has 0 saturated heterocycles. The molecule has 1 aromatic heterocycles. The first-order chi connectivity index (χ1) is 8.95. The number of aryl methyl sites for hydroxylation is 2. The van der Waals surface area contributed by atoms with Crippen molar-refractivity contribution in [3.05, 3.63) is 51.6 Å². The molecule has 98 valence electrons. The molecule has 0 atom stereocenters. The number of ether oxygens (including phenoxy) is 1. The van der Waals surface area contributed by atoms with Gasteiger partial charge in [-0.15, -0.1) is 0 Å². The number of aromatic nitrogens is 2. The number of hydrogen-bond acceptors (Lipinski definition) is 4. The molecule has 0 saturated carbocycles. The summed E-state index contributed by atoms with van der Waals surface area (Å²) in [5.41, 5.74) is 0.529. The fraction of sp³-hybridized carbons (Fsp3) is 0.154. The van der Waals surface area contributed by atoms with E-state index >= 15 is 0 Å². The maximum atomic E-state index is 11.3. The van der Waals surface area contributed by atoms with Gasteiger partial charge in [0, 0.05) is 0 Å². The number of H-pyrrole nitrogens is 1. The first kappa shape index (κ1) is 12.8. The Labute approximate surface area is 108 Å². The molecule has 2 N–H and O–H groups in total. The molecule has 0 spiro atoms. The molecule has 0 unspecified atom stereocenters. The first-order valence-corrected chi connectivity index (χ1v) is 5.55. The van der Waals surface area contributed by atoms with E-state index in [4.69, 9.17) is 9.84 Å². The van der Waals surface area contributed by atoms with Gasteiger partial charge >= 0.3 is 5.97 Å². The van der Waals surface area contributed by atoms with Crippen molar-refractivity contribution < 1.29 is 14.6 Å². The Balaban J connectivity index is 2.33. The summed E-state index contributed by atoms with van der Waals surface area (Å²) < 4.78 is 5.48. The minimum absolute atomic E-state index is 0.174. The minimum atomic E-state index is -1.00. The van der Waals surface area contributed by atoms with Crippen molar-refractivity contribution in [3.63, 3.8) is 0 Å². The monoisotopic (exact) mass is 260 g/mol. The molecule has 19 heavy (non-hydrogen) atoms. The van der Waals surface area contributed by atoms with Crippen molar-refractivity contribution in [1.82, 2.24) is 9.97 Å². The van der Waals surface area contributed by atoms with Gasteiger partial charge < -0.3 is 14.8 Å². The van der Waals surface area contributed by atoms with Crippen LogP contribution in [0.15, 0.2) is 29.1 Å². The zero-order chi connectivity index (χ0) is 14.0. The van der Waals surface area contributed by atoms with Crippen LogP contribution in [0.3, 0.4) is 0 Å². The Morgan fingerprint density at radius 1 is 1.32 bits per heavy atom. The third-order valence-corrected chi connectivity index (χ3v) is 2.47. The van der Waals surface area contributed by atoms with Crippen LogP contribution < -0.4 is 10.3 Å². The van der Waals surface area contributed by atoms with Gasteiger partial charge in [0.15, 0.2) is 0 Å². The fourth-order valence-corrected chi connectivity index (χ4v) is 1.61. The van der Waals surface area contributed by atoms with Crippen LogP contribution in [0.4, 0.5) is 0 Å². The third kappa shape index (κ3) is 2.98. The van der Waals surface area contributed by atoms with E-state index in [2.05, 4.69) is 9.97 Å². The Morgan fingerprint density at radius 3 is 2.63 bits per heavy atom. The molecule has 1 aromatic carbocycles. The Kier molecular flexibility index (Phi) is 3.33. The zero-order valence-electron chi connectivity index (χ0n) is 10.4. The summed E-state index contributed by atoms with van der Waals surface area (Å²) in [5.74, 6) is 0.0806. The van der Waals surface area contributed by atoms with E-state index < -0.39 is 5.97 Å². The number of rotatable bonds is 3. The van der Waals surface area contributed by atoms with Gasteiger partial charge in [-0.05, 0) is 37.6 Å². The van der Waals surface area contributed by atoms with Gasteiger partial charge in [-0.2, -0.15) is 0 Å². The highest BCUT2D eigenvalue weighted by molar-refractivity contribution is 5.88. The van der Waals surface area contributed by atoms with Crippen LogP contribution in [0.25, 0.3) is 0 Å². The maximum Gasteiger partial charge on any atom is 0.335 e. The standard InChI is InChI=1S/C13H12N2O4/c1-7-5-9(13(17)18)3-4-10(7)19-12-6-11(16)14-8(2)15-12/h3-6H,1-2H3,(H,17,18)(H,14,15,16). The van der Waals surface area contributed by atoms with Crippen molar-refractivity contribution in [2.24, 2.45) is 0 Å². The van der Waals surface area contributed by atoms with Crippen LogP contribution in [0, 0.1) is 13.8 Å². The lowest BCUT2D eigenvalue weighted by molar-refractivity contribution is 0.0697. The summed E-state index contributed by atoms with van der Waals surface area (Å²) in [6.45, 7) is 3.37. The average molecular weight is 260 g/mol. The largest absolute Gasteiger partial charge is 0.478 e. The highest BCUT2D eigenvalue weighted by Crippen LogP contribution is 2.23. The molecule has 0 aliphatic carbocycles. The molecule has 0 aliphatic heterocycles. The molecule has 2 aromatic rings. The number of nitrogens with one attached hydrogen (secondary N) is 1. The average Bonchev–Trinajstić information content (AvgIpc) is 2.30. The third-order valence-electron chi connectivity index (χ3n) is 2.47. The molecule has 0 amide bonds. The minimum Gasteiger partial charge on any atom is -0.478 e. The van der Waals surface area contributed by atoms with E-state index in [1.165, 1.54) is 24.3 Å². The second kappa shape index (κ2) is 4.93. The first-order valence-electron chi connectivity index (χ1n) is 5.55. The van der Waals surface area contributed by atoms with Crippen LogP contribution in [0.5, 0.6) is 11.6 Å². The highest BCUT2D eigenvalue weighted by atomic mass is 16.5. The number of carboxylic acids is 1. The molecule has 6 heteroatoms. The van der Waals surface area contributed by atoms with Crippen molar-refractivity contribution in [1.29, 1.82) is 0 Å². The summed E-state index contributed by atoms with van der Waals surface area (Å²) >= 11 is 0. The van der Waals surface area contributed by atoms with Gasteiger partial charge in [-0.1, -0.05) is 0 Å². The van der Waals surface area contributed by atoms with Crippen LogP contribution >= 0.6 is 0 Å². The van der Waals surface area contributed by atoms with Gasteiger partial charge in [0.25, 0.3) is 5.56 Å². The lowest BCUT2D eigenvalue weighted by Crippen LogP contribution is -2.08. The second-order valence-corrected chi connectivity index (χ2v) is 4.06. The molecule has 0 radical (unpaired) electrons. The number of aromatic carboxylic acids is 1. The quantitative estimate of drug-likeness (QED) is 0.878. The molecular formula is C13H12N2O4. The van der Waals surface area contributed by atoms with Crippen LogP contribution in [-0.4, -0.2) is 21.0 Å². The lowest BCUT2D eigenvalue weighted by Gasteiger charge is -2.08. The summed E-state index contributed by atoms with van der Waals surface area (Å²) in [4.78, 5) is 28.6. The smallest absolute Gasteiger partial charge is 0.335 e. The van der Waals surface area contributed by atoms with E-state index in [-0.39, 0.29) is 17.0 Å². The van der Waals surface area contributed by atoms with Gasteiger partial charge in [0.1, 0.15) is 11.6 Å². The number of benzene rings is 1. The highest BCUT2D eigenvalue weighted by Gasteiger charge is 2.08. The van der Waals surface area contributed by atoms with Gasteiger partial charge in [-0.3, -0.25) is 4.79 Å². The van der Waals surface area contributed by atoms with Gasteiger partial charge in [0.05, 0.1) is 11.6 Å². The summed E-state index contributed by atoms with van der Waals surface area (Å²) in [7, 11) is 0. The van der Waals surface area contributed by atoms with Gasteiger partial charge in [-0.25, -0.2) is 9.78 Å². The van der Waals surface area contributed by atoms with Crippen LogP contribution in [-0.2, 0) is 0 Å². The number of nitrogens with zero attached hydrogens (tertiary/aromatic N) is 1. The SMILES string of the molecule is Cc1nc(Oc2ccc(C(=O)O)cc2C)cc(=O)[nH]1. The molecule has 2 rings (SSSR count). The lowest BCUT2D eigenvalue weighted by atomic mass is 10.1. The molecule has 0 aliphatic rings. The van der Waals surface area contributed by atoms with Crippen molar-refractivity contribution >= 4 is 5.97 Å². The summed E-state index contributed by atoms with van der Waals surface area (Å²) in [6, 6.07) is 5.71. The van der Waals surface area contributed by atoms with E-state index in [0.717, 1.165) is 0 Å². The Hall–Kier alpha value is -2.63. The molecular weight excluding hydrogens is 248 g/mol. The predicted molar refractivity (Wildman–Crippen MR) is 67.8 cm³/mol. The predicted octanol–water partition coefficient (Wildman–Crippen LogP) is 1.88. The number of carbonyl (C=O) groups is 1. The zero-order valence-corrected chi connectivity index (χ0v) is 10.4. The van der Waals surface area contributed by atoms with E-state index in [0.29, 0.717) is 17.1 Å². The van der Waals surface area contributed by atoms with Crippen LogP contribution in [0.2, 0.25) is 0 Å². The van der Waals surface area contributed by atoms with Crippen molar-refractivity contribution in [2.75, 3.05) is 0 Å². The van der Waals surface area contributed by atoms with E-state index in [9.17, 15) is 9.59 Å². The normalized spacial score (nSPS) is 10.2. The molecule has 0 fully saturated rings. The van der Waals surface area contributed by atoms with Crippen molar-refractivity contribution in [2.45, 2.75) is 13.8 Å². The van der Waals surface area contributed by atoms with E-state index in [1.54, 1.807) is 13.8 Å². The maximum absolute atomic E-state index is 11.3. The molecule has 0 bridgehead atoms. The number of hydrogen-bond donors (Lipinski definition) is 2. The number of carboxylic acid groups (broad SMARTS) is 1. The summed E-state index contributed by atoms with van der Waals surface area (Å²) in [6.07, 6.45) is 0. The molecule has 6 nitrogen and oxygen atoms in total. The molecule has 1 heterocycles. The van der Waals surface area contributed by atoms with Crippen molar-refractivity contribution in [3.8, 4) is 11.6 Å². The second-order valence-electron chi connectivity index (χ2n) is 4.06.